The maximum absolute atomic E-state index is 14.9. The number of carbonyl (C=O) groups is 5. The van der Waals surface area contributed by atoms with Gasteiger partial charge < -0.3 is 9.74 Å². The number of likely N-dealkylation sites (tertiary alicyclic amines) is 1. The van der Waals surface area contributed by atoms with Crippen molar-refractivity contribution >= 4 is 46.4 Å². The van der Waals surface area contributed by atoms with Gasteiger partial charge in [-0.2, -0.15) is 0 Å². The van der Waals surface area contributed by atoms with Crippen LogP contribution >= 0.6 is 11.6 Å². The van der Waals surface area contributed by atoms with Gasteiger partial charge in [-0.3, -0.25) is 24.0 Å². The van der Waals surface area contributed by atoms with E-state index in [-0.39, 0.29) is 49.2 Å². The average molecular weight is 797 g/mol. The van der Waals surface area contributed by atoms with Crippen molar-refractivity contribution in [1.29, 1.82) is 0 Å². The highest BCUT2D eigenvalue weighted by atomic mass is 35.5. The summed E-state index contributed by atoms with van der Waals surface area (Å²) in [6, 6.07) is 14.4. The molecular weight excluding hydrogens is 736 g/mol. The summed E-state index contributed by atoms with van der Waals surface area (Å²) < 4.78 is 0. The zero-order chi connectivity index (χ0) is 40.9. The normalized spacial score (nSPS) is 23.2. The molecule has 0 N–H and O–H groups in total. The van der Waals surface area contributed by atoms with E-state index in [1.54, 1.807) is 11.0 Å². The van der Waals surface area contributed by atoms with Crippen LogP contribution in [0.4, 0.5) is 0 Å². The van der Waals surface area contributed by atoms with Crippen LogP contribution in [-0.4, -0.2) is 57.8 Å². The van der Waals surface area contributed by atoms with E-state index in [4.69, 9.17) is 16.4 Å². The van der Waals surface area contributed by atoms with E-state index in [2.05, 4.69) is 32.5 Å². The Morgan fingerprint density at radius 3 is 2.51 bits per heavy atom. The minimum Gasteiger partial charge on any atom is -0.387 e. The Labute approximate surface area is 344 Å². The number of benzene rings is 2. The molecule has 1 unspecified atom stereocenters. The lowest BCUT2D eigenvalue weighted by Gasteiger charge is -2.36. The third kappa shape index (κ3) is 10.2. The third-order valence-corrected chi connectivity index (χ3v) is 13.2. The molecule has 1 spiro atoms. The Morgan fingerprint density at radius 2 is 1.79 bits per heavy atom. The summed E-state index contributed by atoms with van der Waals surface area (Å²) in [5.41, 5.74) is 3.34. The maximum atomic E-state index is 14.9. The van der Waals surface area contributed by atoms with Gasteiger partial charge in [0.1, 0.15) is 5.78 Å². The zero-order valence-electron chi connectivity index (χ0n) is 34.5. The first-order valence-electron chi connectivity index (χ1n) is 21.4. The van der Waals surface area contributed by atoms with Gasteiger partial charge >= 0.3 is 0 Å². The van der Waals surface area contributed by atoms with Gasteiger partial charge in [0.15, 0.2) is 17.2 Å². The van der Waals surface area contributed by atoms with Gasteiger partial charge in [-0.1, -0.05) is 132 Å². The summed E-state index contributed by atoms with van der Waals surface area (Å²) in [7, 11) is 0. The summed E-state index contributed by atoms with van der Waals surface area (Å²) in [5.74, 6) is -2.09. The number of carbonyl (C=O) groups excluding carboxylic acids is 5. The SMILES string of the molecule is C=C(CC1CCCCC1)C[C@H](C(=O)N1C[C@@]2(CC(c3cccc(Cl)c3)=NO2)C[C@H]1C(=O)C[C@@H](CCC)C(=O)C(=O)CCCC1C(=O)Cc2ccccc21)C(C)(C)C. The molecule has 4 aliphatic rings. The topological polar surface area (TPSA) is 110 Å². The minimum absolute atomic E-state index is 0.0335. The van der Waals surface area contributed by atoms with Crippen LogP contribution in [0.3, 0.4) is 0 Å². The summed E-state index contributed by atoms with van der Waals surface area (Å²) in [6.07, 6.45) is 10.5. The van der Waals surface area contributed by atoms with Crippen LogP contribution in [0.1, 0.15) is 147 Å². The van der Waals surface area contributed by atoms with Crippen LogP contribution in [0.2, 0.25) is 5.02 Å². The van der Waals surface area contributed by atoms with Crippen LogP contribution in [0.5, 0.6) is 0 Å². The molecule has 2 aromatic rings. The molecule has 1 saturated heterocycles. The predicted octanol–water partition coefficient (Wildman–Crippen LogP) is 9.98. The molecule has 0 aromatic heterocycles. The Hall–Kier alpha value is -3.91. The number of hydrogen-bond donors (Lipinski definition) is 0. The monoisotopic (exact) mass is 796 g/mol. The van der Waals surface area contributed by atoms with Crippen molar-refractivity contribution in [2.24, 2.45) is 28.3 Å². The molecular formula is C48H61ClN2O6. The van der Waals surface area contributed by atoms with Gasteiger partial charge in [-0.25, -0.2) is 0 Å². The largest absolute Gasteiger partial charge is 0.387 e. The second-order valence-corrected chi connectivity index (χ2v) is 18.9. The summed E-state index contributed by atoms with van der Waals surface area (Å²) >= 11 is 6.32. The number of fused-ring (bicyclic) bond motifs is 1. The number of allylic oxidation sites excluding steroid dienone is 1. The summed E-state index contributed by atoms with van der Waals surface area (Å²) in [4.78, 5) is 77.4. The Balaban J connectivity index is 1.18. The van der Waals surface area contributed by atoms with Gasteiger partial charge in [0.2, 0.25) is 11.7 Å². The lowest BCUT2D eigenvalue weighted by molar-refractivity contribution is -0.145. The molecule has 2 fully saturated rings. The average Bonchev–Trinajstić information content (AvgIpc) is 3.87. The fourth-order valence-corrected chi connectivity index (χ4v) is 10.0. The number of nitrogens with zero attached hydrogens (tertiary/aromatic N) is 2. The lowest BCUT2D eigenvalue weighted by Crippen LogP contribution is -2.48. The van der Waals surface area contributed by atoms with E-state index in [1.165, 1.54) is 32.1 Å². The van der Waals surface area contributed by atoms with Gasteiger partial charge in [0.05, 0.1) is 18.3 Å². The van der Waals surface area contributed by atoms with Crippen molar-refractivity contribution in [3.8, 4) is 0 Å². The maximum Gasteiger partial charge on any atom is 0.227 e. The van der Waals surface area contributed by atoms with E-state index >= 15 is 0 Å². The molecule has 9 heteroatoms. The van der Waals surface area contributed by atoms with Crippen molar-refractivity contribution in [1.82, 2.24) is 4.90 Å². The number of amides is 1. The number of Topliss-reactive ketones (excluding diaryl/α,β-unsaturated/α-hetero) is 4. The van der Waals surface area contributed by atoms with Crippen molar-refractivity contribution < 1.29 is 28.8 Å². The van der Waals surface area contributed by atoms with Crippen LogP contribution in [0.15, 0.2) is 65.8 Å². The molecule has 1 amide bonds. The number of halogens is 1. The van der Waals surface area contributed by atoms with E-state index in [1.807, 2.05) is 49.4 Å². The highest BCUT2D eigenvalue weighted by Crippen LogP contribution is 2.44. The fourth-order valence-electron chi connectivity index (χ4n) is 9.85. The quantitative estimate of drug-likeness (QED) is 0.116. The number of oxime groups is 1. The standard InChI is InChI=1S/C48H61ClN2O6/c1-6-14-35(45(55)42(52)22-13-21-38-37-20-11-10-17-33(37)26-43(38)53)27-44(54)41-29-48(28-40(50-57-48)34-18-12-19-36(49)25-34)30-51(41)46(56)39(47(3,4)5)24-31(2)23-32-15-8-7-9-16-32/h10-12,17-20,25,32,35,38-39,41H,2,6-9,13-16,21-24,26-30H2,1,3-5H3/t35-,38?,39-,41+,48-/m1/s1. The lowest BCUT2D eigenvalue weighted by atomic mass is 9.74. The molecule has 2 heterocycles. The van der Waals surface area contributed by atoms with Crippen molar-refractivity contribution in [2.45, 2.75) is 148 Å². The van der Waals surface area contributed by atoms with E-state index in [0.29, 0.717) is 61.6 Å². The molecule has 306 valence electrons. The third-order valence-electron chi connectivity index (χ3n) is 13.0. The number of hydrogen-bond acceptors (Lipinski definition) is 7. The smallest absolute Gasteiger partial charge is 0.227 e. The van der Waals surface area contributed by atoms with E-state index in [9.17, 15) is 24.0 Å². The predicted molar refractivity (Wildman–Crippen MR) is 224 cm³/mol. The van der Waals surface area contributed by atoms with Crippen LogP contribution in [-0.2, 0) is 35.2 Å². The van der Waals surface area contributed by atoms with Gasteiger partial charge in [-0.15, -0.1) is 0 Å². The highest BCUT2D eigenvalue weighted by Gasteiger charge is 2.55. The Morgan fingerprint density at radius 1 is 1.04 bits per heavy atom. The zero-order valence-corrected chi connectivity index (χ0v) is 35.2. The molecule has 0 radical (unpaired) electrons. The van der Waals surface area contributed by atoms with Crippen molar-refractivity contribution in [3.05, 3.63) is 82.4 Å². The van der Waals surface area contributed by atoms with Gasteiger partial charge in [0.25, 0.3) is 0 Å². The van der Waals surface area contributed by atoms with E-state index in [0.717, 1.165) is 28.7 Å². The molecule has 2 aromatic carbocycles. The molecule has 1 saturated carbocycles. The van der Waals surface area contributed by atoms with E-state index < -0.39 is 40.5 Å². The highest BCUT2D eigenvalue weighted by molar-refractivity contribution is 6.38. The summed E-state index contributed by atoms with van der Waals surface area (Å²) in [5, 5.41) is 5.04. The first kappa shape index (κ1) is 42.7. The molecule has 57 heavy (non-hydrogen) atoms. The molecule has 5 atom stereocenters. The molecule has 2 aliphatic heterocycles. The summed E-state index contributed by atoms with van der Waals surface area (Å²) in [6.45, 7) is 12.8. The Kier molecular flexibility index (Phi) is 13.7. The van der Waals surface area contributed by atoms with Crippen LogP contribution in [0.25, 0.3) is 0 Å². The molecule has 2 aliphatic carbocycles. The number of rotatable bonds is 17. The fraction of sp³-hybridized carbons (Fsp3) is 0.583. The Bertz CT molecular complexity index is 1890. The van der Waals surface area contributed by atoms with Crippen LogP contribution in [0, 0.1) is 23.2 Å². The molecule has 6 rings (SSSR count). The second-order valence-electron chi connectivity index (χ2n) is 18.5. The van der Waals surface area contributed by atoms with Crippen LogP contribution < -0.4 is 0 Å². The first-order chi connectivity index (χ1) is 27.2. The van der Waals surface area contributed by atoms with Crippen molar-refractivity contribution in [2.75, 3.05) is 6.54 Å². The molecule has 0 bridgehead atoms. The first-order valence-corrected chi connectivity index (χ1v) is 21.7. The van der Waals surface area contributed by atoms with Gasteiger partial charge in [0, 0.05) is 60.4 Å². The second kappa shape index (κ2) is 18.3. The minimum atomic E-state index is -0.911. The van der Waals surface area contributed by atoms with Gasteiger partial charge in [-0.05, 0) is 66.7 Å². The number of ketones is 4. The van der Waals surface area contributed by atoms with Crippen molar-refractivity contribution in [3.63, 3.8) is 0 Å². The molecule has 8 nitrogen and oxygen atoms in total.